The monoisotopic (exact) mass is 148 g/mol. The van der Waals surface area contributed by atoms with Gasteiger partial charge in [0.05, 0.1) is 0 Å². The highest BCUT2D eigenvalue weighted by Gasteiger charge is 2.16. The summed E-state index contributed by atoms with van der Waals surface area (Å²) in [5.74, 6) is 0. The summed E-state index contributed by atoms with van der Waals surface area (Å²) in [6.45, 7) is 0. The molecule has 56 valence electrons. The summed E-state index contributed by atoms with van der Waals surface area (Å²) in [7, 11) is 0. The van der Waals surface area contributed by atoms with E-state index in [2.05, 4.69) is 5.73 Å². The summed E-state index contributed by atoms with van der Waals surface area (Å²) in [4.78, 5) is 8.36. The number of nitrogens with two attached hydrogens (primary N) is 1. The molecular weight excluding hydrogens is 145 g/mol. The fourth-order valence-corrected chi connectivity index (χ4v) is 0. The van der Waals surface area contributed by atoms with E-state index in [9.17, 15) is 13.2 Å². The van der Waals surface area contributed by atoms with E-state index in [1.165, 1.54) is 0 Å². The number of hydrogen-bond acceptors (Lipinski definition) is 3. The third-order valence-corrected chi connectivity index (χ3v) is 0. The number of nitrogens with zero attached hydrogens (tertiary/aromatic N) is 1. The molecule has 0 aliphatic heterocycles. The molecule has 0 amide bonds. The molecule has 0 aromatic heterocycles. The standard InChI is InChI=1S/CH2F3N.HNO3/c2-1(3,4)5;2-1(3)4/h5H2;(H,2,3,4). The van der Waals surface area contributed by atoms with Gasteiger partial charge in [0.2, 0.25) is 0 Å². The first kappa shape index (κ1) is 10.8. The highest BCUT2D eigenvalue weighted by molar-refractivity contribution is 4.21. The van der Waals surface area contributed by atoms with Gasteiger partial charge in [-0.15, -0.1) is 10.1 Å². The molecule has 0 aromatic rings. The maximum atomic E-state index is 10.1. The number of alkyl halides is 3. The third kappa shape index (κ3) is 154. The molecule has 3 N–H and O–H groups in total. The molecule has 0 radical (unpaired) electrons. The molecule has 0 saturated heterocycles. The van der Waals surface area contributed by atoms with E-state index in [4.69, 9.17) is 15.3 Å². The van der Waals surface area contributed by atoms with Crippen molar-refractivity contribution in [1.82, 2.24) is 0 Å². The van der Waals surface area contributed by atoms with Crippen molar-refractivity contribution in [1.29, 1.82) is 0 Å². The zero-order valence-corrected chi connectivity index (χ0v) is 3.92. The Morgan fingerprint density at radius 2 is 1.56 bits per heavy atom. The lowest BCUT2D eigenvalue weighted by molar-refractivity contribution is -0.742. The molecule has 5 nitrogen and oxygen atoms in total. The second kappa shape index (κ2) is 3.89. The zero-order valence-electron chi connectivity index (χ0n) is 3.92. The van der Waals surface area contributed by atoms with Crippen LogP contribution in [0.25, 0.3) is 0 Å². The van der Waals surface area contributed by atoms with Gasteiger partial charge in [0.25, 0.3) is 5.09 Å². The van der Waals surface area contributed by atoms with Gasteiger partial charge in [-0.25, -0.2) is 5.73 Å². The third-order valence-electron chi connectivity index (χ3n) is 0. The Balaban J connectivity index is 0. The molecule has 0 aliphatic rings. The maximum Gasteiger partial charge on any atom is 0.454 e. The van der Waals surface area contributed by atoms with Crippen molar-refractivity contribution in [2.75, 3.05) is 0 Å². The molecule has 9 heavy (non-hydrogen) atoms. The van der Waals surface area contributed by atoms with Crippen LogP contribution < -0.4 is 5.73 Å². The van der Waals surface area contributed by atoms with Gasteiger partial charge >= 0.3 is 6.30 Å². The second-order valence-corrected chi connectivity index (χ2v) is 0.779. The Labute approximate surface area is 47.0 Å². The summed E-state index contributed by atoms with van der Waals surface area (Å²) in [5, 5.41) is 13.6. The number of hydrogen-bond donors (Lipinski definition) is 2. The van der Waals surface area contributed by atoms with Crippen LogP contribution in [0.3, 0.4) is 0 Å². The van der Waals surface area contributed by atoms with Crippen molar-refractivity contribution < 1.29 is 23.5 Å². The Morgan fingerprint density at radius 1 is 1.56 bits per heavy atom. The van der Waals surface area contributed by atoms with Gasteiger partial charge in [0.1, 0.15) is 0 Å². The van der Waals surface area contributed by atoms with Crippen LogP contribution in [0, 0.1) is 10.1 Å². The molecule has 0 fully saturated rings. The lowest BCUT2D eigenvalue weighted by atomic mass is 11.3. The Hall–Kier alpha value is -1.05. The number of rotatable bonds is 0. The maximum absolute atomic E-state index is 10.1. The summed E-state index contributed by atoms with van der Waals surface area (Å²) in [5.41, 5.74) is 3.35. The lowest BCUT2D eigenvalue weighted by Gasteiger charge is -1.89. The minimum Gasteiger partial charge on any atom is -0.328 e. The average molecular weight is 148 g/mol. The molecule has 0 heterocycles. The molecule has 0 unspecified atom stereocenters. The summed E-state index contributed by atoms with van der Waals surface area (Å²) in [6, 6.07) is 0. The first-order valence-corrected chi connectivity index (χ1v) is 1.42. The van der Waals surface area contributed by atoms with Gasteiger partial charge in [-0.1, -0.05) is 0 Å². The van der Waals surface area contributed by atoms with Crippen LogP contribution in [0.5, 0.6) is 0 Å². The zero-order chi connectivity index (χ0) is 8.08. The first-order valence-electron chi connectivity index (χ1n) is 1.42. The molecule has 0 spiro atoms. The minimum atomic E-state index is -4.50. The highest BCUT2D eigenvalue weighted by atomic mass is 19.4. The molecule has 8 heteroatoms. The minimum absolute atomic E-state index is 1.50. The summed E-state index contributed by atoms with van der Waals surface area (Å²) in [6.07, 6.45) is -4.50. The van der Waals surface area contributed by atoms with E-state index < -0.39 is 11.4 Å². The number of halogens is 3. The van der Waals surface area contributed by atoms with Gasteiger partial charge in [-0.05, 0) is 0 Å². The van der Waals surface area contributed by atoms with Crippen LogP contribution in [-0.4, -0.2) is 16.6 Å². The molecule has 0 rings (SSSR count). The van der Waals surface area contributed by atoms with Gasteiger partial charge in [-0.2, -0.15) is 13.2 Å². The quantitative estimate of drug-likeness (QED) is 0.290. The van der Waals surface area contributed by atoms with Crippen molar-refractivity contribution in [3.05, 3.63) is 10.1 Å². The van der Waals surface area contributed by atoms with E-state index >= 15 is 0 Å². The fourth-order valence-electron chi connectivity index (χ4n) is 0. The van der Waals surface area contributed by atoms with E-state index in [1.807, 2.05) is 0 Å². The van der Waals surface area contributed by atoms with Crippen molar-refractivity contribution in [2.45, 2.75) is 6.30 Å². The van der Waals surface area contributed by atoms with Crippen LogP contribution in [0.15, 0.2) is 0 Å². The van der Waals surface area contributed by atoms with Crippen molar-refractivity contribution in [3.63, 3.8) is 0 Å². The Morgan fingerprint density at radius 3 is 1.56 bits per heavy atom. The molecule has 0 saturated carbocycles. The largest absolute Gasteiger partial charge is 0.454 e. The van der Waals surface area contributed by atoms with Crippen molar-refractivity contribution >= 4 is 0 Å². The molecule has 0 atom stereocenters. The topological polar surface area (TPSA) is 89.4 Å². The Bertz CT molecular complexity index is 79.5. The summed E-state index contributed by atoms with van der Waals surface area (Å²) >= 11 is 0. The first-order chi connectivity index (χ1) is 3.73. The van der Waals surface area contributed by atoms with E-state index in [1.54, 1.807) is 0 Å². The van der Waals surface area contributed by atoms with E-state index in [0.29, 0.717) is 0 Å². The lowest BCUT2D eigenvalue weighted by Crippen LogP contribution is -2.20. The second-order valence-electron chi connectivity index (χ2n) is 0.779. The van der Waals surface area contributed by atoms with Crippen LogP contribution in [0.2, 0.25) is 0 Å². The molecule has 0 bridgehead atoms. The van der Waals surface area contributed by atoms with Crippen LogP contribution >= 0.6 is 0 Å². The summed E-state index contributed by atoms with van der Waals surface area (Å²) < 4.78 is 30.4. The Kier molecular flexibility index (Phi) is 4.69. The average Bonchev–Trinajstić information content (AvgIpc) is 1.19. The predicted octanol–water partition coefficient (Wildman–Crippen LogP) is 0.117. The van der Waals surface area contributed by atoms with E-state index in [-0.39, 0.29) is 0 Å². The van der Waals surface area contributed by atoms with Gasteiger partial charge in [0.15, 0.2) is 0 Å². The van der Waals surface area contributed by atoms with Gasteiger partial charge < -0.3 is 5.21 Å². The van der Waals surface area contributed by atoms with Gasteiger partial charge in [0, 0.05) is 0 Å². The van der Waals surface area contributed by atoms with Crippen molar-refractivity contribution in [3.8, 4) is 0 Å². The van der Waals surface area contributed by atoms with E-state index in [0.717, 1.165) is 0 Å². The molecule has 0 aliphatic carbocycles. The fraction of sp³-hybridized carbons (Fsp3) is 1.00. The smallest absolute Gasteiger partial charge is 0.328 e. The highest BCUT2D eigenvalue weighted by Crippen LogP contribution is 2.01. The van der Waals surface area contributed by atoms with Crippen LogP contribution in [-0.2, 0) is 0 Å². The van der Waals surface area contributed by atoms with Crippen molar-refractivity contribution in [2.24, 2.45) is 5.73 Å². The van der Waals surface area contributed by atoms with Crippen LogP contribution in [0.4, 0.5) is 13.2 Å². The van der Waals surface area contributed by atoms with Crippen LogP contribution in [0.1, 0.15) is 0 Å². The molecular formula is CH3F3N2O3. The molecule has 0 aromatic carbocycles. The normalized spacial score (nSPS) is 9.33. The van der Waals surface area contributed by atoms with Gasteiger partial charge in [-0.3, -0.25) is 0 Å². The SMILES string of the molecule is NC(F)(F)F.O=[N+]([O-])O. The predicted molar refractivity (Wildman–Crippen MR) is 19.0 cm³/mol.